The zero-order valence-electron chi connectivity index (χ0n) is 17.1. The van der Waals surface area contributed by atoms with E-state index in [4.69, 9.17) is 11.6 Å². The van der Waals surface area contributed by atoms with E-state index in [1.807, 2.05) is 6.92 Å². The van der Waals surface area contributed by atoms with Crippen LogP contribution in [0.15, 0.2) is 60.8 Å². The van der Waals surface area contributed by atoms with Crippen LogP contribution in [0.5, 0.6) is 0 Å². The summed E-state index contributed by atoms with van der Waals surface area (Å²) in [5, 5.41) is 25.5. The lowest BCUT2D eigenvalue weighted by molar-refractivity contribution is 0.0916. The molecule has 0 saturated heterocycles. The number of anilines is 1. The van der Waals surface area contributed by atoms with Gasteiger partial charge in [-0.3, -0.25) is 4.79 Å². The summed E-state index contributed by atoms with van der Waals surface area (Å²) in [7, 11) is 0. The molecular formula is C23H25ClN4O3. The van der Waals surface area contributed by atoms with Gasteiger partial charge in [0.2, 0.25) is 5.95 Å². The predicted molar refractivity (Wildman–Crippen MR) is 121 cm³/mol. The van der Waals surface area contributed by atoms with E-state index in [0.29, 0.717) is 22.2 Å². The number of aliphatic hydroxyl groups excluding tert-OH is 2. The number of aliphatic hydroxyl groups is 2. The van der Waals surface area contributed by atoms with Gasteiger partial charge in [0.15, 0.2) is 0 Å². The molecule has 1 amide bonds. The lowest BCUT2D eigenvalue weighted by Gasteiger charge is -2.17. The molecule has 3 rings (SSSR count). The van der Waals surface area contributed by atoms with Gasteiger partial charge in [-0.15, -0.1) is 0 Å². The second kappa shape index (κ2) is 10.9. The first kappa shape index (κ1) is 22.7. The van der Waals surface area contributed by atoms with Gasteiger partial charge in [0.05, 0.1) is 31.0 Å². The molecular weight excluding hydrogens is 416 g/mol. The van der Waals surface area contributed by atoms with Crippen LogP contribution in [0.3, 0.4) is 0 Å². The maximum absolute atomic E-state index is 12.6. The molecule has 7 nitrogen and oxygen atoms in total. The van der Waals surface area contributed by atoms with Gasteiger partial charge in [-0.2, -0.15) is 0 Å². The van der Waals surface area contributed by atoms with Gasteiger partial charge in [-0.1, -0.05) is 42.8 Å². The summed E-state index contributed by atoms with van der Waals surface area (Å²) in [5.41, 5.74) is 2.72. The molecule has 162 valence electrons. The molecule has 0 aliphatic rings. The second-order valence-corrected chi connectivity index (χ2v) is 7.47. The summed E-state index contributed by atoms with van der Waals surface area (Å²) in [5.74, 6) is 0.136. The molecule has 4 N–H and O–H groups in total. The zero-order valence-corrected chi connectivity index (χ0v) is 17.9. The maximum Gasteiger partial charge on any atom is 0.251 e. The van der Waals surface area contributed by atoms with E-state index in [-0.39, 0.29) is 25.2 Å². The molecule has 0 saturated carbocycles. The summed E-state index contributed by atoms with van der Waals surface area (Å²) in [6.45, 7) is 1.72. The number of aromatic nitrogens is 2. The van der Waals surface area contributed by atoms with Gasteiger partial charge in [0.1, 0.15) is 0 Å². The first-order valence-electron chi connectivity index (χ1n) is 10.0. The van der Waals surface area contributed by atoms with Crippen LogP contribution in [-0.4, -0.2) is 45.3 Å². The third-order valence-electron chi connectivity index (χ3n) is 4.88. The summed E-state index contributed by atoms with van der Waals surface area (Å²) in [6.07, 6.45) is 2.39. The molecule has 1 aromatic heterocycles. The lowest BCUT2D eigenvalue weighted by Crippen LogP contribution is -2.30. The SMILES string of the molecule is CCC(CO)Nc1nccc(-c2ccc(C(=O)NC(CO)c3cccc(Cl)c3)cc2)n1. The predicted octanol–water partition coefficient (Wildman–Crippen LogP) is 3.44. The number of hydrogen-bond acceptors (Lipinski definition) is 6. The van der Waals surface area contributed by atoms with Crippen molar-refractivity contribution in [3.05, 3.63) is 76.9 Å². The van der Waals surface area contributed by atoms with Gasteiger partial charge < -0.3 is 20.8 Å². The first-order chi connectivity index (χ1) is 15.0. The number of carbonyl (C=O) groups is 1. The number of benzene rings is 2. The Balaban J connectivity index is 1.71. The van der Waals surface area contributed by atoms with Gasteiger partial charge in [-0.25, -0.2) is 9.97 Å². The fourth-order valence-corrected chi connectivity index (χ4v) is 3.24. The topological polar surface area (TPSA) is 107 Å². The standard InChI is InChI=1S/C23H25ClN4O3/c1-2-19(13-29)26-23-25-11-10-20(28-23)15-6-8-16(9-7-15)22(31)27-21(14-30)17-4-3-5-18(24)12-17/h3-12,19,21,29-30H,2,13-14H2,1H3,(H,27,31)(H,25,26,28). The minimum atomic E-state index is -0.556. The molecule has 0 aliphatic carbocycles. The highest BCUT2D eigenvalue weighted by atomic mass is 35.5. The molecule has 0 fully saturated rings. The Morgan fingerprint density at radius 1 is 1.10 bits per heavy atom. The van der Waals surface area contributed by atoms with Gasteiger partial charge in [-0.05, 0) is 42.3 Å². The van der Waals surface area contributed by atoms with E-state index < -0.39 is 6.04 Å². The highest BCUT2D eigenvalue weighted by molar-refractivity contribution is 6.30. The molecule has 2 atom stereocenters. The van der Waals surface area contributed by atoms with E-state index in [1.54, 1.807) is 60.8 Å². The average molecular weight is 441 g/mol. The van der Waals surface area contributed by atoms with Crippen molar-refractivity contribution in [3.63, 3.8) is 0 Å². The van der Waals surface area contributed by atoms with Crippen molar-refractivity contribution >= 4 is 23.5 Å². The Hall–Kier alpha value is -3.00. The number of amides is 1. The van der Waals surface area contributed by atoms with Crippen LogP contribution < -0.4 is 10.6 Å². The minimum Gasteiger partial charge on any atom is -0.394 e. The van der Waals surface area contributed by atoms with Crippen molar-refractivity contribution < 1.29 is 15.0 Å². The number of nitrogens with one attached hydrogen (secondary N) is 2. The van der Waals surface area contributed by atoms with Crippen LogP contribution in [0.25, 0.3) is 11.3 Å². The van der Waals surface area contributed by atoms with E-state index in [9.17, 15) is 15.0 Å². The summed E-state index contributed by atoms with van der Waals surface area (Å²) >= 11 is 6.01. The molecule has 8 heteroatoms. The quantitative estimate of drug-likeness (QED) is 0.406. The molecule has 0 radical (unpaired) electrons. The molecule has 3 aromatic rings. The third-order valence-corrected chi connectivity index (χ3v) is 5.12. The van der Waals surface area contributed by atoms with Crippen molar-refractivity contribution in [2.75, 3.05) is 18.5 Å². The largest absolute Gasteiger partial charge is 0.394 e. The number of nitrogens with zero attached hydrogens (tertiary/aromatic N) is 2. The number of halogens is 1. The molecule has 2 unspecified atom stereocenters. The highest BCUT2D eigenvalue weighted by Crippen LogP contribution is 2.21. The number of carbonyl (C=O) groups excluding carboxylic acids is 1. The highest BCUT2D eigenvalue weighted by Gasteiger charge is 2.16. The summed E-state index contributed by atoms with van der Waals surface area (Å²) in [4.78, 5) is 21.3. The monoisotopic (exact) mass is 440 g/mol. The summed E-state index contributed by atoms with van der Waals surface area (Å²) < 4.78 is 0. The minimum absolute atomic E-state index is 0.00207. The molecule has 0 bridgehead atoms. The van der Waals surface area contributed by atoms with Crippen LogP contribution in [0.2, 0.25) is 5.02 Å². The van der Waals surface area contributed by atoms with Crippen LogP contribution in [0.1, 0.15) is 35.3 Å². The van der Waals surface area contributed by atoms with Gasteiger partial charge >= 0.3 is 0 Å². The second-order valence-electron chi connectivity index (χ2n) is 7.04. The van der Waals surface area contributed by atoms with E-state index >= 15 is 0 Å². The molecule has 31 heavy (non-hydrogen) atoms. The van der Waals surface area contributed by atoms with Crippen LogP contribution in [0.4, 0.5) is 5.95 Å². The Morgan fingerprint density at radius 2 is 1.87 bits per heavy atom. The van der Waals surface area contributed by atoms with Crippen molar-refractivity contribution in [1.29, 1.82) is 0 Å². The van der Waals surface area contributed by atoms with Gasteiger partial charge in [0, 0.05) is 22.3 Å². The maximum atomic E-state index is 12.6. The van der Waals surface area contributed by atoms with Crippen molar-refractivity contribution in [1.82, 2.24) is 15.3 Å². The fourth-order valence-electron chi connectivity index (χ4n) is 3.04. The van der Waals surface area contributed by atoms with Crippen molar-refractivity contribution in [2.45, 2.75) is 25.4 Å². The molecule has 1 heterocycles. The van der Waals surface area contributed by atoms with Crippen LogP contribution in [-0.2, 0) is 0 Å². The normalized spacial score (nSPS) is 12.8. The van der Waals surface area contributed by atoms with Crippen LogP contribution in [0, 0.1) is 0 Å². The molecule has 0 spiro atoms. The first-order valence-corrected chi connectivity index (χ1v) is 10.4. The van der Waals surface area contributed by atoms with E-state index in [0.717, 1.165) is 17.5 Å². The van der Waals surface area contributed by atoms with Crippen molar-refractivity contribution in [3.8, 4) is 11.3 Å². The van der Waals surface area contributed by atoms with E-state index in [1.165, 1.54) is 0 Å². The summed E-state index contributed by atoms with van der Waals surface area (Å²) in [6, 6.07) is 15.2. The van der Waals surface area contributed by atoms with Gasteiger partial charge in [0.25, 0.3) is 5.91 Å². The van der Waals surface area contributed by atoms with Crippen LogP contribution >= 0.6 is 11.6 Å². The number of hydrogen-bond donors (Lipinski definition) is 4. The third kappa shape index (κ3) is 6.01. The smallest absolute Gasteiger partial charge is 0.251 e. The Bertz CT molecular complexity index is 1010. The Morgan fingerprint density at radius 3 is 2.52 bits per heavy atom. The lowest BCUT2D eigenvalue weighted by atomic mass is 10.1. The Labute approximate surface area is 186 Å². The molecule has 2 aromatic carbocycles. The molecule has 0 aliphatic heterocycles. The Kier molecular flexibility index (Phi) is 7.94. The van der Waals surface area contributed by atoms with Crippen molar-refractivity contribution in [2.24, 2.45) is 0 Å². The zero-order chi connectivity index (χ0) is 22.2. The average Bonchev–Trinajstić information content (AvgIpc) is 2.81. The fraction of sp³-hybridized carbons (Fsp3) is 0.261. The van der Waals surface area contributed by atoms with E-state index in [2.05, 4.69) is 20.6 Å². The number of rotatable bonds is 9.